The Bertz CT molecular complexity index is 1390. The lowest BCUT2D eigenvalue weighted by molar-refractivity contribution is -0.626. The largest absolute Gasteiger partial charge is 0.618 e. The van der Waals surface area contributed by atoms with Crippen LogP contribution >= 0.6 is 0 Å². The molecule has 0 amide bonds. The first-order valence-electron chi connectivity index (χ1n) is 15.8. The van der Waals surface area contributed by atoms with Gasteiger partial charge in [-0.2, -0.15) is 17.9 Å². The van der Waals surface area contributed by atoms with E-state index in [4.69, 9.17) is 13.9 Å². The molecule has 2 atom stereocenters. The van der Waals surface area contributed by atoms with Crippen molar-refractivity contribution in [1.82, 2.24) is 4.98 Å². The fraction of sp³-hybridized carbons (Fsp3) is 0.697. The van der Waals surface area contributed by atoms with Crippen molar-refractivity contribution in [1.29, 1.82) is 0 Å². The topological polar surface area (TPSA) is 67.5 Å². The van der Waals surface area contributed by atoms with Gasteiger partial charge < -0.3 is 19.1 Å². The van der Waals surface area contributed by atoms with Gasteiger partial charge in [0.2, 0.25) is 5.69 Å². The van der Waals surface area contributed by atoms with Crippen LogP contribution in [0.15, 0.2) is 18.3 Å². The van der Waals surface area contributed by atoms with Crippen molar-refractivity contribution < 1.29 is 31.8 Å². The maximum Gasteiger partial charge on any atom is 0.417 e. The molecule has 6 nitrogen and oxygen atoms in total. The second-order valence-electron chi connectivity index (χ2n) is 15.2. The molecule has 4 aliphatic rings. The number of pyridine rings is 2. The van der Waals surface area contributed by atoms with Crippen LogP contribution in [0.5, 0.6) is 0 Å². The molecule has 0 aromatic carbocycles. The highest BCUT2D eigenvalue weighted by Gasteiger charge is 2.58. The first-order chi connectivity index (χ1) is 20.0. The second kappa shape index (κ2) is 10.3. The van der Waals surface area contributed by atoms with Gasteiger partial charge in [0, 0.05) is 50.2 Å². The normalized spacial score (nSPS) is 24.7. The van der Waals surface area contributed by atoms with Gasteiger partial charge in [-0.1, -0.05) is 41.0 Å². The van der Waals surface area contributed by atoms with E-state index < -0.39 is 31.8 Å². The lowest BCUT2D eigenvalue weighted by Gasteiger charge is -2.50. The molecule has 1 saturated heterocycles. The number of ether oxygens (including phenoxy) is 2. The monoisotopic (exact) mass is 618 g/mol. The number of rotatable bonds is 4. The van der Waals surface area contributed by atoms with Gasteiger partial charge in [0.1, 0.15) is 11.7 Å². The highest BCUT2D eigenvalue weighted by Crippen LogP contribution is 2.61. The number of nitrogens with zero attached hydrogens (tertiary/aromatic N) is 2. The summed E-state index contributed by atoms with van der Waals surface area (Å²) < 4.78 is 61.6. The number of halogens is 3. The zero-order chi connectivity index (χ0) is 31.2. The molecule has 0 radical (unpaired) electrons. The molecule has 2 aromatic heterocycles. The third-order valence-electron chi connectivity index (χ3n) is 11.0. The predicted octanol–water partition coefficient (Wildman–Crippen LogP) is 8.16. The first-order valence-corrected chi connectivity index (χ1v) is 18.7. The van der Waals surface area contributed by atoms with Gasteiger partial charge in [-0.3, -0.25) is 4.98 Å². The molecule has 236 valence electrons. The van der Waals surface area contributed by atoms with Crippen LogP contribution < -0.4 is 4.73 Å². The minimum Gasteiger partial charge on any atom is -0.618 e. The van der Waals surface area contributed by atoms with E-state index in [-0.39, 0.29) is 22.5 Å². The lowest BCUT2D eigenvalue weighted by Crippen LogP contribution is -2.51. The first kappa shape index (κ1) is 31.0. The average Bonchev–Trinajstić information content (AvgIpc) is 3.20. The Morgan fingerprint density at radius 1 is 1.07 bits per heavy atom. The van der Waals surface area contributed by atoms with Crippen LogP contribution in [0.4, 0.5) is 13.2 Å². The van der Waals surface area contributed by atoms with Gasteiger partial charge in [-0.05, 0) is 54.9 Å². The van der Waals surface area contributed by atoms with E-state index in [9.17, 15) is 18.4 Å². The maximum atomic E-state index is 14.6. The predicted molar refractivity (Wildman–Crippen MR) is 159 cm³/mol. The molecular weight excluding hydrogens is 573 g/mol. The lowest BCUT2D eigenvalue weighted by atomic mass is 9.58. The molecule has 2 aliphatic heterocycles. The summed E-state index contributed by atoms with van der Waals surface area (Å²) >= 11 is 0. The van der Waals surface area contributed by atoms with Crippen molar-refractivity contribution in [3.63, 3.8) is 0 Å². The van der Waals surface area contributed by atoms with Crippen LogP contribution in [0.1, 0.15) is 131 Å². The number of alkyl halides is 3. The van der Waals surface area contributed by atoms with Gasteiger partial charge in [0.05, 0.1) is 28.5 Å². The molecule has 10 heteroatoms. The van der Waals surface area contributed by atoms with E-state index in [0.29, 0.717) is 43.9 Å². The quantitative estimate of drug-likeness (QED) is 0.197. The van der Waals surface area contributed by atoms with Crippen molar-refractivity contribution in [2.24, 2.45) is 5.41 Å². The molecule has 4 heterocycles. The third-order valence-corrected chi connectivity index (χ3v) is 15.5. The minimum absolute atomic E-state index is 0.0224. The molecule has 2 spiro atoms. The molecule has 2 fully saturated rings. The van der Waals surface area contributed by atoms with Gasteiger partial charge in [0.25, 0.3) is 0 Å². The van der Waals surface area contributed by atoms with Crippen LogP contribution in [0, 0.1) is 10.6 Å². The van der Waals surface area contributed by atoms with Crippen LogP contribution in [0.2, 0.25) is 18.1 Å². The summed E-state index contributed by atoms with van der Waals surface area (Å²) in [5.74, 6) is -0.133. The summed E-state index contributed by atoms with van der Waals surface area (Å²) in [6.07, 6.45) is 1.50. The summed E-state index contributed by atoms with van der Waals surface area (Å²) in [7, 11) is -2.26. The Morgan fingerprint density at radius 3 is 2.26 bits per heavy atom. The van der Waals surface area contributed by atoms with Crippen molar-refractivity contribution in [2.75, 3.05) is 13.2 Å². The number of hydrogen-bond acceptors (Lipinski definition) is 5. The van der Waals surface area contributed by atoms with E-state index in [1.807, 2.05) is 13.8 Å². The van der Waals surface area contributed by atoms with E-state index in [1.54, 1.807) is 0 Å². The van der Waals surface area contributed by atoms with Gasteiger partial charge >= 0.3 is 6.18 Å². The standard InChI is InChI=1S/C33H45F3N2O4Si/c1-20(2)28-26-27(32(13-15-40-16-14-32)41-29(26)22-10-9-21(19-37-22)33(34,35)36)25-23(38(28)39)17-31(11-8-12-31)18-24(25)42-43(6,7)30(3,4)5/h9-10,19-20,24,29H,8,11-18H2,1-7H3/t24-,29+/m0/s1. The molecule has 43 heavy (non-hydrogen) atoms. The Balaban J connectivity index is 1.61. The smallest absolute Gasteiger partial charge is 0.417 e. The van der Waals surface area contributed by atoms with E-state index in [2.05, 4.69) is 38.8 Å². The Kier molecular flexibility index (Phi) is 7.39. The highest BCUT2D eigenvalue weighted by molar-refractivity contribution is 6.74. The molecule has 0 unspecified atom stereocenters. The zero-order valence-corrected chi connectivity index (χ0v) is 27.5. The minimum atomic E-state index is -4.49. The molecule has 0 N–H and O–H groups in total. The second-order valence-corrected chi connectivity index (χ2v) is 19.9. The van der Waals surface area contributed by atoms with Crippen LogP contribution in [-0.4, -0.2) is 26.5 Å². The van der Waals surface area contributed by atoms with E-state index >= 15 is 0 Å². The maximum absolute atomic E-state index is 14.6. The summed E-state index contributed by atoms with van der Waals surface area (Å²) in [5.41, 5.74) is 3.09. The highest BCUT2D eigenvalue weighted by atomic mass is 28.4. The summed E-state index contributed by atoms with van der Waals surface area (Å²) in [4.78, 5) is 4.29. The number of hydrogen-bond donors (Lipinski definition) is 0. The van der Waals surface area contributed by atoms with Crippen molar-refractivity contribution in [3.8, 4) is 0 Å². The molecule has 1 saturated carbocycles. The van der Waals surface area contributed by atoms with Crippen LogP contribution in [-0.2, 0) is 32.1 Å². The van der Waals surface area contributed by atoms with E-state index in [0.717, 1.165) is 65.1 Å². The van der Waals surface area contributed by atoms with Gasteiger partial charge in [0.15, 0.2) is 14.0 Å². The van der Waals surface area contributed by atoms with Crippen molar-refractivity contribution in [2.45, 2.75) is 128 Å². The summed E-state index contributed by atoms with van der Waals surface area (Å²) in [5, 5.41) is 14.6. The van der Waals surface area contributed by atoms with Crippen molar-refractivity contribution in [3.05, 3.63) is 62.9 Å². The van der Waals surface area contributed by atoms with Crippen LogP contribution in [0.25, 0.3) is 0 Å². The van der Waals surface area contributed by atoms with Gasteiger partial charge in [-0.15, -0.1) is 0 Å². The number of fused-ring (bicyclic) bond motifs is 4. The Morgan fingerprint density at radius 2 is 1.74 bits per heavy atom. The van der Waals surface area contributed by atoms with Crippen molar-refractivity contribution >= 4 is 8.32 Å². The molecule has 2 aliphatic carbocycles. The number of aromatic nitrogens is 2. The molecular formula is C33H45F3N2O4Si. The summed E-state index contributed by atoms with van der Waals surface area (Å²) in [6.45, 7) is 16.2. The van der Waals surface area contributed by atoms with Gasteiger partial charge in [-0.25, -0.2) is 0 Å². The Labute approximate surface area is 254 Å². The van der Waals surface area contributed by atoms with E-state index in [1.165, 1.54) is 6.07 Å². The van der Waals surface area contributed by atoms with Crippen LogP contribution in [0.3, 0.4) is 0 Å². The molecule has 2 aromatic rings. The fourth-order valence-corrected chi connectivity index (χ4v) is 8.83. The SMILES string of the molecule is CC(C)c1c2c(c3c([n+]1[O-])CC1(CCC1)C[C@@H]3O[Si](C)(C)C(C)(C)C)C1(CCOCC1)O[C@@H]2c1ccc(C(F)(F)F)cn1. The fourth-order valence-electron chi connectivity index (χ4n) is 7.56. The Hall–Kier alpha value is -2.01. The molecule has 0 bridgehead atoms. The average molecular weight is 619 g/mol. The summed E-state index contributed by atoms with van der Waals surface area (Å²) in [6, 6.07) is 2.46. The zero-order valence-electron chi connectivity index (χ0n) is 26.5. The third kappa shape index (κ3) is 5.04. The molecule has 6 rings (SSSR count).